The van der Waals surface area contributed by atoms with Gasteiger partial charge in [-0.25, -0.2) is 0 Å². The zero-order chi connectivity index (χ0) is 14.7. The molecule has 2 aromatic heterocycles. The molecule has 0 radical (unpaired) electrons. The van der Waals surface area contributed by atoms with Crippen molar-refractivity contribution in [3.8, 4) is 0 Å². The molecule has 0 aromatic carbocycles. The van der Waals surface area contributed by atoms with Gasteiger partial charge in [0.25, 0.3) is 5.91 Å². The zero-order valence-corrected chi connectivity index (χ0v) is 13.0. The average Bonchev–Trinajstić information content (AvgIpc) is 3.01. The van der Waals surface area contributed by atoms with E-state index in [0.29, 0.717) is 24.5 Å². The van der Waals surface area contributed by atoms with E-state index in [0.717, 1.165) is 21.3 Å². The van der Waals surface area contributed by atoms with E-state index in [1.165, 1.54) is 11.3 Å². The third kappa shape index (κ3) is 2.96. The van der Waals surface area contributed by atoms with Gasteiger partial charge in [-0.15, -0.1) is 11.3 Å². The van der Waals surface area contributed by atoms with Gasteiger partial charge in [0.2, 0.25) is 0 Å². The number of nitrogens with one attached hydrogen (secondary N) is 1. The fourth-order valence-corrected chi connectivity index (χ4v) is 3.02. The van der Waals surface area contributed by atoms with E-state index in [-0.39, 0.29) is 5.91 Å². The van der Waals surface area contributed by atoms with Crippen molar-refractivity contribution in [1.29, 1.82) is 0 Å². The minimum Gasteiger partial charge on any atom is -0.395 e. The number of carbonyl (C=O) groups excluding carboxylic acids is 1. The van der Waals surface area contributed by atoms with Crippen molar-refractivity contribution in [2.24, 2.45) is 0 Å². The van der Waals surface area contributed by atoms with Crippen LogP contribution in [-0.2, 0) is 13.0 Å². The summed E-state index contributed by atoms with van der Waals surface area (Å²) in [6.45, 7) is 4.99. The van der Waals surface area contributed by atoms with Gasteiger partial charge in [-0.3, -0.25) is 9.89 Å². The summed E-state index contributed by atoms with van der Waals surface area (Å²) in [6.07, 6.45) is 0.721. The average molecular weight is 313 g/mol. The van der Waals surface area contributed by atoms with E-state index in [9.17, 15) is 4.79 Å². The van der Waals surface area contributed by atoms with Gasteiger partial charge in [-0.1, -0.05) is 18.5 Å². The van der Waals surface area contributed by atoms with E-state index >= 15 is 0 Å². The van der Waals surface area contributed by atoms with Crippen LogP contribution < -0.4 is 5.73 Å². The van der Waals surface area contributed by atoms with Gasteiger partial charge < -0.3 is 10.6 Å². The standard InChI is InChI=1S/C13H17ClN4OS/c1-3-9-11(15)12(17-16-9)13(19)18(4-2)7-8-5-6-10(14)20-8/h5-6H,3-4,7,15H2,1-2H3,(H,16,17). The Bertz CT molecular complexity index is 607. The van der Waals surface area contributed by atoms with E-state index in [4.69, 9.17) is 17.3 Å². The van der Waals surface area contributed by atoms with E-state index < -0.39 is 0 Å². The van der Waals surface area contributed by atoms with Gasteiger partial charge in [0, 0.05) is 11.4 Å². The monoisotopic (exact) mass is 312 g/mol. The van der Waals surface area contributed by atoms with Gasteiger partial charge in [0.1, 0.15) is 0 Å². The number of anilines is 1. The molecule has 0 saturated carbocycles. The molecule has 0 atom stereocenters. The molecule has 0 aliphatic heterocycles. The van der Waals surface area contributed by atoms with Crippen molar-refractivity contribution in [3.05, 3.63) is 32.7 Å². The highest BCUT2D eigenvalue weighted by atomic mass is 35.5. The molecule has 2 heterocycles. The summed E-state index contributed by atoms with van der Waals surface area (Å²) >= 11 is 7.38. The van der Waals surface area contributed by atoms with Crippen LogP contribution in [0, 0.1) is 0 Å². The first kappa shape index (κ1) is 14.9. The van der Waals surface area contributed by atoms with Crippen molar-refractivity contribution >= 4 is 34.5 Å². The Kier molecular flexibility index (Phi) is 4.67. The second-order valence-corrected chi connectivity index (χ2v) is 6.14. The van der Waals surface area contributed by atoms with Gasteiger partial charge in [-0.05, 0) is 25.5 Å². The molecule has 0 spiro atoms. The Labute approximate surface area is 126 Å². The molecular weight excluding hydrogens is 296 g/mol. The Morgan fingerprint density at radius 1 is 1.50 bits per heavy atom. The predicted octanol–water partition coefficient (Wildman–Crippen LogP) is 2.93. The Morgan fingerprint density at radius 3 is 2.75 bits per heavy atom. The maximum Gasteiger partial charge on any atom is 0.276 e. The smallest absolute Gasteiger partial charge is 0.276 e. The number of halogens is 1. The predicted molar refractivity (Wildman–Crippen MR) is 82.1 cm³/mol. The van der Waals surface area contributed by atoms with Crippen LogP contribution in [0.25, 0.3) is 0 Å². The number of hydrogen-bond acceptors (Lipinski definition) is 4. The Hall–Kier alpha value is -1.53. The maximum atomic E-state index is 12.5. The lowest BCUT2D eigenvalue weighted by molar-refractivity contribution is 0.0749. The van der Waals surface area contributed by atoms with Crippen LogP contribution in [0.2, 0.25) is 4.34 Å². The number of rotatable bonds is 5. The van der Waals surface area contributed by atoms with Crippen LogP contribution in [0.4, 0.5) is 5.69 Å². The molecule has 3 N–H and O–H groups in total. The number of aromatic nitrogens is 2. The van der Waals surface area contributed by atoms with Crippen LogP contribution in [0.1, 0.15) is 34.9 Å². The molecule has 0 aliphatic rings. The summed E-state index contributed by atoms with van der Waals surface area (Å²) in [7, 11) is 0. The first-order valence-corrected chi connectivity index (χ1v) is 7.62. The van der Waals surface area contributed by atoms with Crippen LogP contribution >= 0.6 is 22.9 Å². The molecule has 0 bridgehead atoms. The quantitative estimate of drug-likeness (QED) is 0.891. The Morgan fingerprint density at radius 2 is 2.25 bits per heavy atom. The third-order valence-corrected chi connectivity index (χ3v) is 4.30. The van der Waals surface area contributed by atoms with Crippen LogP contribution in [0.3, 0.4) is 0 Å². The lowest BCUT2D eigenvalue weighted by atomic mass is 10.2. The number of amides is 1. The molecule has 0 aliphatic carbocycles. The lowest BCUT2D eigenvalue weighted by Gasteiger charge is -2.19. The van der Waals surface area contributed by atoms with E-state index in [2.05, 4.69) is 10.2 Å². The number of thiophene rings is 1. The normalized spacial score (nSPS) is 10.8. The minimum atomic E-state index is -0.162. The third-order valence-electron chi connectivity index (χ3n) is 3.08. The minimum absolute atomic E-state index is 0.162. The van der Waals surface area contributed by atoms with Crippen LogP contribution in [0.5, 0.6) is 0 Å². The molecule has 0 fully saturated rings. The highest BCUT2D eigenvalue weighted by Crippen LogP contribution is 2.24. The van der Waals surface area contributed by atoms with E-state index in [1.807, 2.05) is 26.0 Å². The summed E-state index contributed by atoms with van der Waals surface area (Å²) < 4.78 is 0.719. The van der Waals surface area contributed by atoms with Gasteiger partial charge in [-0.2, -0.15) is 5.10 Å². The Balaban J connectivity index is 2.18. The first-order chi connectivity index (χ1) is 9.56. The molecule has 2 rings (SSSR count). The van der Waals surface area contributed by atoms with Crippen molar-refractivity contribution in [1.82, 2.24) is 15.1 Å². The topological polar surface area (TPSA) is 75.0 Å². The van der Waals surface area contributed by atoms with Gasteiger partial charge >= 0.3 is 0 Å². The van der Waals surface area contributed by atoms with Crippen molar-refractivity contribution < 1.29 is 4.79 Å². The van der Waals surface area contributed by atoms with E-state index in [1.54, 1.807) is 4.90 Å². The van der Waals surface area contributed by atoms with Crippen LogP contribution in [0.15, 0.2) is 12.1 Å². The number of aryl methyl sites for hydroxylation is 1. The molecule has 1 amide bonds. The molecule has 20 heavy (non-hydrogen) atoms. The maximum absolute atomic E-state index is 12.5. The van der Waals surface area contributed by atoms with Crippen LogP contribution in [-0.4, -0.2) is 27.5 Å². The lowest BCUT2D eigenvalue weighted by Crippen LogP contribution is -2.30. The molecule has 0 saturated heterocycles. The largest absolute Gasteiger partial charge is 0.395 e. The number of aromatic amines is 1. The number of nitrogens with two attached hydrogens (primary N) is 1. The van der Waals surface area contributed by atoms with Gasteiger partial charge in [0.05, 0.1) is 22.3 Å². The highest BCUT2D eigenvalue weighted by molar-refractivity contribution is 7.16. The summed E-state index contributed by atoms with van der Waals surface area (Å²) in [6, 6.07) is 3.76. The second-order valence-electron chi connectivity index (χ2n) is 4.34. The van der Waals surface area contributed by atoms with Crippen molar-refractivity contribution in [2.45, 2.75) is 26.8 Å². The summed E-state index contributed by atoms with van der Waals surface area (Å²) in [5, 5.41) is 6.85. The van der Waals surface area contributed by atoms with Crippen molar-refractivity contribution in [3.63, 3.8) is 0 Å². The number of carbonyl (C=O) groups is 1. The fourth-order valence-electron chi connectivity index (χ4n) is 1.92. The molecule has 7 heteroatoms. The molecule has 108 valence electrons. The van der Waals surface area contributed by atoms with Crippen molar-refractivity contribution in [2.75, 3.05) is 12.3 Å². The number of hydrogen-bond donors (Lipinski definition) is 2. The zero-order valence-electron chi connectivity index (χ0n) is 11.4. The fraction of sp³-hybridized carbons (Fsp3) is 0.385. The molecule has 0 unspecified atom stereocenters. The summed E-state index contributed by atoms with van der Waals surface area (Å²) in [5.74, 6) is -0.162. The molecule has 2 aromatic rings. The number of H-pyrrole nitrogens is 1. The molecule has 5 nitrogen and oxygen atoms in total. The molecular formula is C13H17ClN4OS. The van der Waals surface area contributed by atoms with Gasteiger partial charge in [0.15, 0.2) is 5.69 Å². The summed E-state index contributed by atoms with van der Waals surface area (Å²) in [5.41, 5.74) is 7.48. The number of nitrogen functional groups attached to an aromatic ring is 1. The number of nitrogens with zero attached hydrogens (tertiary/aromatic N) is 2. The first-order valence-electron chi connectivity index (χ1n) is 6.43. The summed E-state index contributed by atoms with van der Waals surface area (Å²) in [4.78, 5) is 15.2. The highest BCUT2D eigenvalue weighted by Gasteiger charge is 2.22. The SMILES string of the molecule is CCc1[nH]nc(C(=O)N(CC)Cc2ccc(Cl)s2)c1N. The second kappa shape index (κ2) is 6.28.